The molecular formula is C21H21N3O3. The van der Waals surface area contributed by atoms with E-state index >= 15 is 0 Å². The van der Waals surface area contributed by atoms with Crippen molar-refractivity contribution in [3.05, 3.63) is 71.5 Å². The molecule has 0 saturated heterocycles. The number of aromatic nitrogens is 2. The number of fused-ring (bicyclic) bond motifs is 1. The molecule has 4 rings (SSSR count). The first-order valence-corrected chi connectivity index (χ1v) is 8.98. The standard InChI is InChI=1S/C21H21N3O3/c1-2-27-18-5-3-4-15(8-18)20(13-25)24-12-16-7-6-14(9-19(16)21(24)26)17-10-22-23-11-17/h3-11,20,25H,2,12-13H2,1H3,(H,22,23). The van der Waals surface area contributed by atoms with Crippen LogP contribution in [0, 0.1) is 0 Å². The van der Waals surface area contributed by atoms with Gasteiger partial charge in [-0.1, -0.05) is 24.3 Å². The van der Waals surface area contributed by atoms with Crippen molar-refractivity contribution in [1.82, 2.24) is 15.1 Å². The number of rotatable bonds is 6. The van der Waals surface area contributed by atoms with E-state index in [0.717, 1.165) is 28.0 Å². The van der Waals surface area contributed by atoms with E-state index in [2.05, 4.69) is 10.2 Å². The van der Waals surface area contributed by atoms with Crippen molar-refractivity contribution in [2.45, 2.75) is 19.5 Å². The highest BCUT2D eigenvalue weighted by atomic mass is 16.5. The minimum atomic E-state index is -0.414. The number of ether oxygens (including phenoxy) is 1. The van der Waals surface area contributed by atoms with Gasteiger partial charge in [-0.3, -0.25) is 9.89 Å². The van der Waals surface area contributed by atoms with Crippen LogP contribution in [0.5, 0.6) is 5.75 Å². The second-order valence-electron chi connectivity index (χ2n) is 6.50. The number of carbonyl (C=O) groups is 1. The molecule has 6 heteroatoms. The Labute approximate surface area is 157 Å². The fourth-order valence-electron chi connectivity index (χ4n) is 3.53. The molecule has 1 aromatic heterocycles. The van der Waals surface area contributed by atoms with Crippen molar-refractivity contribution in [2.75, 3.05) is 13.2 Å². The number of benzene rings is 2. The van der Waals surface area contributed by atoms with Crippen LogP contribution in [0.1, 0.15) is 34.5 Å². The third kappa shape index (κ3) is 3.19. The van der Waals surface area contributed by atoms with Gasteiger partial charge >= 0.3 is 0 Å². The topological polar surface area (TPSA) is 78.5 Å². The van der Waals surface area contributed by atoms with E-state index in [9.17, 15) is 9.90 Å². The van der Waals surface area contributed by atoms with Gasteiger partial charge in [0.2, 0.25) is 0 Å². The molecule has 1 aliphatic rings. The second kappa shape index (κ2) is 7.25. The molecule has 1 amide bonds. The minimum Gasteiger partial charge on any atom is -0.494 e. The summed E-state index contributed by atoms with van der Waals surface area (Å²) >= 11 is 0. The van der Waals surface area contributed by atoms with Crippen molar-refractivity contribution in [3.63, 3.8) is 0 Å². The highest BCUT2D eigenvalue weighted by Gasteiger charge is 2.33. The number of amides is 1. The molecular weight excluding hydrogens is 342 g/mol. The van der Waals surface area contributed by atoms with E-state index in [1.165, 1.54) is 0 Å². The fourth-order valence-corrected chi connectivity index (χ4v) is 3.53. The molecule has 2 N–H and O–H groups in total. The Morgan fingerprint density at radius 1 is 1.26 bits per heavy atom. The molecule has 3 aromatic rings. The monoisotopic (exact) mass is 363 g/mol. The normalized spacial score (nSPS) is 14.3. The minimum absolute atomic E-state index is 0.0730. The summed E-state index contributed by atoms with van der Waals surface area (Å²) < 4.78 is 5.56. The molecule has 6 nitrogen and oxygen atoms in total. The number of hydrogen-bond acceptors (Lipinski definition) is 4. The number of nitrogens with one attached hydrogen (secondary N) is 1. The molecule has 0 spiro atoms. The summed E-state index contributed by atoms with van der Waals surface area (Å²) in [6.45, 7) is 2.82. The number of nitrogens with zero attached hydrogens (tertiary/aromatic N) is 2. The zero-order valence-corrected chi connectivity index (χ0v) is 15.1. The lowest BCUT2D eigenvalue weighted by Crippen LogP contribution is -2.31. The van der Waals surface area contributed by atoms with Gasteiger partial charge in [0.1, 0.15) is 5.75 Å². The van der Waals surface area contributed by atoms with Gasteiger partial charge in [-0.15, -0.1) is 0 Å². The van der Waals surface area contributed by atoms with Crippen LogP contribution in [0.2, 0.25) is 0 Å². The van der Waals surface area contributed by atoms with Gasteiger partial charge in [-0.25, -0.2) is 0 Å². The molecule has 2 heterocycles. The number of carbonyl (C=O) groups excluding carboxylic acids is 1. The Morgan fingerprint density at radius 2 is 2.15 bits per heavy atom. The van der Waals surface area contributed by atoms with Crippen LogP contribution in [-0.4, -0.2) is 39.3 Å². The van der Waals surface area contributed by atoms with Crippen LogP contribution in [-0.2, 0) is 6.54 Å². The number of aliphatic hydroxyl groups excluding tert-OH is 1. The third-order valence-corrected chi connectivity index (χ3v) is 4.88. The number of hydrogen-bond donors (Lipinski definition) is 2. The lowest BCUT2D eigenvalue weighted by molar-refractivity contribution is 0.0615. The highest BCUT2D eigenvalue weighted by molar-refractivity contribution is 5.99. The SMILES string of the molecule is CCOc1cccc(C(CO)N2Cc3ccc(-c4cn[nH]c4)cc3C2=O)c1. The summed E-state index contributed by atoms with van der Waals surface area (Å²) in [5, 5.41) is 16.8. The predicted octanol–water partition coefficient (Wildman–Crippen LogP) is 3.16. The van der Waals surface area contributed by atoms with Crippen molar-refractivity contribution >= 4 is 5.91 Å². The highest BCUT2D eigenvalue weighted by Crippen LogP contribution is 2.34. The largest absolute Gasteiger partial charge is 0.494 e. The summed E-state index contributed by atoms with van der Waals surface area (Å²) in [5.74, 6) is 0.663. The van der Waals surface area contributed by atoms with Crippen molar-refractivity contribution < 1.29 is 14.6 Å². The van der Waals surface area contributed by atoms with Crippen LogP contribution in [0.25, 0.3) is 11.1 Å². The molecule has 0 saturated carbocycles. The van der Waals surface area contributed by atoms with Crippen LogP contribution in [0.4, 0.5) is 0 Å². The third-order valence-electron chi connectivity index (χ3n) is 4.88. The maximum Gasteiger partial charge on any atom is 0.255 e. The molecule has 0 bridgehead atoms. The molecule has 0 aliphatic carbocycles. The van der Waals surface area contributed by atoms with Gasteiger partial charge in [-0.05, 0) is 41.8 Å². The Morgan fingerprint density at radius 3 is 2.89 bits per heavy atom. The van der Waals surface area contributed by atoms with E-state index < -0.39 is 6.04 Å². The van der Waals surface area contributed by atoms with Gasteiger partial charge in [0.25, 0.3) is 5.91 Å². The summed E-state index contributed by atoms with van der Waals surface area (Å²) in [6.07, 6.45) is 3.53. The molecule has 1 atom stereocenters. The van der Waals surface area contributed by atoms with Crippen LogP contribution < -0.4 is 4.74 Å². The first-order chi connectivity index (χ1) is 13.2. The van der Waals surface area contributed by atoms with Crippen LogP contribution >= 0.6 is 0 Å². The Balaban J connectivity index is 1.64. The molecule has 0 radical (unpaired) electrons. The first kappa shape index (κ1) is 17.3. The maximum absolute atomic E-state index is 13.1. The number of H-pyrrole nitrogens is 1. The van der Waals surface area contributed by atoms with Crippen molar-refractivity contribution in [2.24, 2.45) is 0 Å². The lowest BCUT2D eigenvalue weighted by atomic mass is 10.0. The van der Waals surface area contributed by atoms with Crippen molar-refractivity contribution in [1.29, 1.82) is 0 Å². The average Bonchev–Trinajstić information content (AvgIpc) is 3.32. The predicted molar refractivity (Wildman–Crippen MR) is 101 cm³/mol. The lowest BCUT2D eigenvalue weighted by Gasteiger charge is -2.26. The maximum atomic E-state index is 13.1. The number of aliphatic hydroxyl groups is 1. The van der Waals surface area contributed by atoms with Gasteiger partial charge < -0.3 is 14.7 Å². The summed E-state index contributed by atoms with van der Waals surface area (Å²) in [4.78, 5) is 14.8. The average molecular weight is 363 g/mol. The van der Waals surface area contributed by atoms with Gasteiger partial charge in [-0.2, -0.15) is 5.10 Å². The molecule has 1 unspecified atom stereocenters. The molecule has 27 heavy (non-hydrogen) atoms. The molecule has 138 valence electrons. The van der Waals surface area contributed by atoms with E-state index in [4.69, 9.17) is 4.74 Å². The van der Waals surface area contributed by atoms with Crippen LogP contribution in [0.3, 0.4) is 0 Å². The fraction of sp³-hybridized carbons (Fsp3) is 0.238. The van der Waals surface area contributed by atoms with Crippen molar-refractivity contribution in [3.8, 4) is 16.9 Å². The zero-order chi connectivity index (χ0) is 18.8. The smallest absolute Gasteiger partial charge is 0.255 e. The zero-order valence-electron chi connectivity index (χ0n) is 15.1. The van der Waals surface area contributed by atoms with Gasteiger partial charge in [0.05, 0.1) is 25.5 Å². The Kier molecular flexibility index (Phi) is 4.64. The Bertz CT molecular complexity index is 953. The van der Waals surface area contributed by atoms with Gasteiger partial charge in [0.15, 0.2) is 0 Å². The van der Waals surface area contributed by atoms with E-state index in [1.807, 2.05) is 49.4 Å². The van der Waals surface area contributed by atoms with E-state index in [-0.39, 0.29) is 12.5 Å². The van der Waals surface area contributed by atoms with Crippen LogP contribution in [0.15, 0.2) is 54.9 Å². The second-order valence-corrected chi connectivity index (χ2v) is 6.50. The quantitative estimate of drug-likeness (QED) is 0.705. The van der Waals surface area contributed by atoms with E-state index in [1.54, 1.807) is 17.3 Å². The first-order valence-electron chi connectivity index (χ1n) is 8.98. The number of aromatic amines is 1. The summed E-state index contributed by atoms with van der Waals surface area (Å²) in [5.41, 5.74) is 4.38. The molecule has 1 aliphatic heterocycles. The summed E-state index contributed by atoms with van der Waals surface area (Å²) in [6, 6.07) is 13.0. The molecule has 0 fully saturated rings. The van der Waals surface area contributed by atoms with E-state index in [0.29, 0.717) is 18.7 Å². The molecule has 2 aromatic carbocycles. The Hall–Kier alpha value is -3.12. The van der Waals surface area contributed by atoms with Gasteiger partial charge in [0, 0.05) is 23.9 Å². The summed E-state index contributed by atoms with van der Waals surface area (Å²) in [7, 11) is 0.